The Morgan fingerprint density at radius 3 is 2.28 bits per heavy atom. The van der Waals surface area contributed by atoms with Gasteiger partial charge in [0.05, 0.1) is 21.3 Å². The van der Waals surface area contributed by atoms with Gasteiger partial charge in [0.15, 0.2) is 11.5 Å². The molecular weight excluding hydrogens is 342 g/mol. The van der Waals surface area contributed by atoms with Crippen molar-refractivity contribution >= 4 is 23.2 Å². The van der Waals surface area contributed by atoms with Crippen LogP contribution in [0.3, 0.4) is 0 Å². The molecule has 134 valence electrons. The number of halogens is 1. The first kappa shape index (κ1) is 18.9. The second-order valence-electron chi connectivity index (χ2n) is 5.49. The van der Waals surface area contributed by atoms with Crippen LogP contribution in [0, 0.1) is 6.92 Å². The molecule has 0 heterocycles. The van der Waals surface area contributed by atoms with Crippen LogP contribution in [-0.2, 0) is 11.2 Å². The number of ether oxygens (including phenoxy) is 3. The van der Waals surface area contributed by atoms with Crippen molar-refractivity contribution in [2.75, 3.05) is 26.6 Å². The molecule has 0 saturated carbocycles. The van der Waals surface area contributed by atoms with Crippen LogP contribution in [0.2, 0.25) is 5.02 Å². The molecule has 0 fully saturated rings. The molecule has 0 unspecified atom stereocenters. The standard InChI is InChI=1S/C19H22ClNO4/c1-12-14(20)6-5-7-15(12)21-18(22)9-8-13-10-16(23-2)19(25-4)17(11-13)24-3/h5-7,10-11H,8-9H2,1-4H3,(H,21,22). The summed E-state index contributed by atoms with van der Waals surface area (Å²) in [4.78, 5) is 12.2. The molecule has 2 rings (SSSR count). The zero-order valence-corrected chi connectivity index (χ0v) is 15.6. The van der Waals surface area contributed by atoms with Crippen molar-refractivity contribution in [3.63, 3.8) is 0 Å². The fraction of sp³-hybridized carbons (Fsp3) is 0.316. The maximum absolute atomic E-state index is 12.2. The second-order valence-corrected chi connectivity index (χ2v) is 5.90. The van der Waals surface area contributed by atoms with Gasteiger partial charge in [-0.3, -0.25) is 4.79 Å². The fourth-order valence-electron chi connectivity index (χ4n) is 2.49. The average molecular weight is 364 g/mol. The van der Waals surface area contributed by atoms with Gasteiger partial charge in [-0.05, 0) is 48.7 Å². The van der Waals surface area contributed by atoms with Gasteiger partial charge in [-0.25, -0.2) is 0 Å². The van der Waals surface area contributed by atoms with Gasteiger partial charge in [0.2, 0.25) is 11.7 Å². The van der Waals surface area contributed by atoms with Gasteiger partial charge < -0.3 is 19.5 Å². The predicted molar refractivity (Wildman–Crippen MR) is 99.2 cm³/mol. The van der Waals surface area contributed by atoms with Crippen LogP contribution in [0.25, 0.3) is 0 Å². The normalized spacial score (nSPS) is 10.3. The molecule has 2 aromatic carbocycles. The molecule has 0 aliphatic heterocycles. The molecule has 0 radical (unpaired) electrons. The third-order valence-corrected chi connectivity index (χ3v) is 4.32. The summed E-state index contributed by atoms with van der Waals surface area (Å²) in [7, 11) is 4.69. The summed E-state index contributed by atoms with van der Waals surface area (Å²) in [6.07, 6.45) is 0.868. The summed E-state index contributed by atoms with van der Waals surface area (Å²) >= 11 is 6.07. The molecule has 5 nitrogen and oxygen atoms in total. The number of nitrogens with one attached hydrogen (secondary N) is 1. The van der Waals surface area contributed by atoms with Crippen molar-refractivity contribution in [2.45, 2.75) is 19.8 Å². The van der Waals surface area contributed by atoms with Crippen molar-refractivity contribution in [1.29, 1.82) is 0 Å². The SMILES string of the molecule is COc1cc(CCC(=O)Nc2cccc(Cl)c2C)cc(OC)c1OC. The van der Waals surface area contributed by atoms with Crippen molar-refractivity contribution < 1.29 is 19.0 Å². The molecule has 1 N–H and O–H groups in total. The lowest BCUT2D eigenvalue weighted by atomic mass is 10.1. The van der Waals surface area contributed by atoms with Crippen LogP contribution >= 0.6 is 11.6 Å². The Balaban J connectivity index is 2.08. The van der Waals surface area contributed by atoms with Gasteiger partial charge in [0, 0.05) is 17.1 Å². The van der Waals surface area contributed by atoms with E-state index in [1.54, 1.807) is 27.4 Å². The van der Waals surface area contributed by atoms with E-state index in [9.17, 15) is 4.79 Å². The van der Waals surface area contributed by atoms with E-state index in [0.717, 1.165) is 16.8 Å². The van der Waals surface area contributed by atoms with Gasteiger partial charge in [0.25, 0.3) is 0 Å². The van der Waals surface area contributed by atoms with Crippen molar-refractivity contribution in [3.8, 4) is 17.2 Å². The summed E-state index contributed by atoms with van der Waals surface area (Å²) < 4.78 is 16.0. The van der Waals surface area contributed by atoms with Gasteiger partial charge >= 0.3 is 0 Å². The summed E-state index contributed by atoms with van der Waals surface area (Å²) in [5.41, 5.74) is 2.50. The molecule has 0 atom stereocenters. The lowest BCUT2D eigenvalue weighted by molar-refractivity contribution is -0.116. The molecule has 0 aliphatic carbocycles. The number of hydrogen-bond donors (Lipinski definition) is 1. The Morgan fingerprint density at radius 2 is 1.72 bits per heavy atom. The summed E-state index contributed by atoms with van der Waals surface area (Å²) in [5.74, 6) is 1.60. The van der Waals surface area contributed by atoms with E-state index < -0.39 is 0 Å². The number of aryl methyl sites for hydroxylation is 1. The highest BCUT2D eigenvalue weighted by Crippen LogP contribution is 2.38. The van der Waals surface area contributed by atoms with Crippen LogP contribution in [-0.4, -0.2) is 27.2 Å². The largest absolute Gasteiger partial charge is 0.493 e. The van der Waals surface area contributed by atoms with Crippen LogP contribution in [0.5, 0.6) is 17.2 Å². The molecule has 0 aromatic heterocycles. The first-order chi connectivity index (χ1) is 12.0. The molecule has 1 amide bonds. The number of rotatable bonds is 7. The Bertz CT molecular complexity index is 736. The van der Waals surface area contributed by atoms with Crippen LogP contribution in [0.4, 0.5) is 5.69 Å². The Kier molecular flexibility index (Phi) is 6.53. The number of hydrogen-bond acceptors (Lipinski definition) is 4. The average Bonchev–Trinajstić information content (AvgIpc) is 2.62. The molecule has 0 spiro atoms. The van der Waals surface area contributed by atoms with Crippen molar-refractivity contribution in [1.82, 2.24) is 0 Å². The lowest BCUT2D eigenvalue weighted by Gasteiger charge is -2.14. The topological polar surface area (TPSA) is 56.8 Å². The molecule has 25 heavy (non-hydrogen) atoms. The van der Waals surface area contributed by atoms with E-state index in [2.05, 4.69) is 5.32 Å². The lowest BCUT2D eigenvalue weighted by Crippen LogP contribution is -2.13. The summed E-state index contributed by atoms with van der Waals surface area (Å²) in [6.45, 7) is 1.87. The zero-order chi connectivity index (χ0) is 18.4. The van der Waals surface area contributed by atoms with E-state index >= 15 is 0 Å². The highest BCUT2D eigenvalue weighted by Gasteiger charge is 2.14. The number of carbonyl (C=O) groups is 1. The second kappa shape index (κ2) is 8.62. The Morgan fingerprint density at radius 1 is 1.08 bits per heavy atom. The van der Waals surface area contributed by atoms with Gasteiger partial charge in [0.1, 0.15) is 0 Å². The van der Waals surface area contributed by atoms with E-state index in [4.69, 9.17) is 25.8 Å². The molecule has 6 heteroatoms. The summed E-state index contributed by atoms with van der Waals surface area (Å²) in [5, 5.41) is 3.52. The molecule has 0 saturated heterocycles. The number of amides is 1. The smallest absolute Gasteiger partial charge is 0.224 e. The summed E-state index contributed by atoms with van der Waals surface area (Å²) in [6, 6.07) is 9.13. The predicted octanol–water partition coefficient (Wildman–Crippen LogP) is 4.25. The van der Waals surface area contributed by atoms with E-state index in [0.29, 0.717) is 35.1 Å². The van der Waals surface area contributed by atoms with Gasteiger partial charge in [-0.2, -0.15) is 0 Å². The van der Waals surface area contributed by atoms with Crippen molar-refractivity contribution in [2.24, 2.45) is 0 Å². The van der Waals surface area contributed by atoms with Gasteiger partial charge in [-0.15, -0.1) is 0 Å². The first-order valence-electron chi connectivity index (χ1n) is 7.84. The third kappa shape index (κ3) is 4.57. The minimum atomic E-state index is -0.0841. The monoisotopic (exact) mass is 363 g/mol. The number of anilines is 1. The molecule has 0 aliphatic rings. The van der Waals surface area contributed by atoms with Crippen LogP contribution in [0.15, 0.2) is 30.3 Å². The van der Waals surface area contributed by atoms with E-state index in [1.165, 1.54) is 0 Å². The van der Waals surface area contributed by atoms with Crippen molar-refractivity contribution in [3.05, 3.63) is 46.5 Å². The maximum Gasteiger partial charge on any atom is 0.224 e. The minimum Gasteiger partial charge on any atom is -0.493 e. The first-order valence-corrected chi connectivity index (χ1v) is 8.21. The van der Waals surface area contributed by atoms with E-state index in [1.807, 2.05) is 31.2 Å². The third-order valence-electron chi connectivity index (χ3n) is 3.91. The Hall–Kier alpha value is -2.40. The minimum absolute atomic E-state index is 0.0841. The number of carbonyl (C=O) groups excluding carboxylic acids is 1. The molecule has 0 bridgehead atoms. The van der Waals surface area contributed by atoms with Crippen LogP contribution in [0.1, 0.15) is 17.5 Å². The highest BCUT2D eigenvalue weighted by molar-refractivity contribution is 6.31. The quantitative estimate of drug-likeness (QED) is 0.799. The maximum atomic E-state index is 12.2. The van der Waals surface area contributed by atoms with E-state index in [-0.39, 0.29) is 5.91 Å². The number of benzene rings is 2. The molecule has 2 aromatic rings. The Labute approximate surface area is 152 Å². The fourth-order valence-corrected chi connectivity index (χ4v) is 2.67. The highest BCUT2D eigenvalue weighted by atomic mass is 35.5. The zero-order valence-electron chi connectivity index (χ0n) is 14.8. The van der Waals surface area contributed by atoms with Crippen LogP contribution < -0.4 is 19.5 Å². The number of methoxy groups -OCH3 is 3. The van der Waals surface area contributed by atoms with Gasteiger partial charge in [-0.1, -0.05) is 17.7 Å². The molecular formula is C19H22ClNO4.